The first-order chi connectivity index (χ1) is 7.07. The van der Waals surface area contributed by atoms with Crippen LogP contribution >= 0.6 is 0 Å². The lowest BCUT2D eigenvalue weighted by atomic mass is 10.1. The summed E-state index contributed by atoms with van der Waals surface area (Å²) in [7, 11) is 0. The molecule has 0 N–H and O–H groups in total. The largest absolute Gasteiger partial charge is 0.370 e. The molecule has 1 aromatic rings. The lowest BCUT2D eigenvalue weighted by Gasteiger charge is -2.19. The Bertz CT molecular complexity index is 398. The van der Waals surface area contributed by atoms with E-state index < -0.39 is 0 Å². The fraction of sp³-hybridized carbons (Fsp3) is 0.636. The van der Waals surface area contributed by atoms with E-state index in [2.05, 4.69) is 18.8 Å². The van der Waals surface area contributed by atoms with E-state index in [9.17, 15) is 4.79 Å². The van der Waals surface area contributed by atoms with Gasteiger partial charge in [-0.25, -0.2) is 9.78 Å². The Kier molecular flexibility index (Phi) is 2.61. The van der Waals surface area contributed by atoms with Crippen molar-refractivity contribution < 1.29 is 4.74 Å². The van der Waals surface area contributed by atoms with Crippen molar-refractivity contribution in [1.82, 2.24) is 9.55 Å². The second-order valence-corrected chi connectivity index (χ2v) is 4.59. The molecule has 0 bridgehead atoms. The van der Waals surface area contributed by atoms with E-state index >= 15 is 0 Å². The molecule has 1 aliphatic rings. The van der Waals surface area contributed by atoms with Gasteiger partial charge in [0.1, 0.15) is 0 Å². The highest BCUT2D eigenvalue weighted by Crippen LogP contribution is 2.29. The highest BCUT2D eigenvalue weighted by Gasteiger charge is 2.31. The molecule has 1 atom stereocenters. The van der Waals surface area contributed by atoms with Crippen molar-refractivity contribution in [2.45, 2.75) is 44.9 Å². The zero-order valence-corrected chi connectivity index (χ0v) is 9.14. The lowest BCUT2D eigenvalue weighted by molar-refractivity contribution is -0.0221. The number of hydrogen-bond acceptors (Lipinski definition) is 3. The average molecular weight is 208 g/mol. The minimum Gasteiger partial charge on any atom is -0.370 e. The van der Waals surface area contributed by atoms with Gasteiger partial charge in [0.15, 0.2) is 0 Å². The molecule has 1 fully saturated rings. The minimum absolute atomic E-state index is 0.0452. The van der Waals surface area contributed by atoms with Crippen LogP contribution in [0.1, 0.15) is 26.7 Å². The van der Waals surface area contributed by atoms with Gasteiger partial charge < -0.3 is 4.74 Å². The second kappa shape index (κ2) is 3.77. The molecule has 15 heavy (non-hydrogen) atoms. The molecule has 1 aliphatic heterocycles. The van der Waals surface area contributed by atoms with Gasteiger partial charge in [0.2, 0.25) is 0 Å². The van der Waals surface area contributed by atoms with Crippen LogP contribution in [0.2, 0.25) is 0 Å². The summed E-state index contributed by atoms with van der Waals surface area (Å²) in [6, 6.07) is 1.77. The van der Waals surface area contributed by atoms with Gasteiger partial charge in [-0.3, -0.25) is 4.57 Å². The van der Waals surface area contributed by atoms with Gasteiger partial charge in [0.25, 0.3) is 0 Å². The molecule has 2 rings (SSSR count). The van der Waals surface area contributed by atoms with Crippen LogP contribution in [0, 0.1) is 0 Å². The molecule has 4 nitrogen and oxygen atoms in total. The Balaban J connectivity index is 2.05. The molecule has 0 radical (unpaired) electrons. The molecule has 0 amide bonds. The number of aromatic nitrogens is 2. The van der Waals surface area contributed by atoms with Crippen LogP contribution in [0.5, 0.6) is 0 Å². The molecule has 1 saturated heterocycles. The molecule has 2 heterocycles. The van der Waals surface area contributed by atoms with Crippen LogP contribution in [0.3, 0.4) is 0 Å². The second-order valence-electron chi connectivity index (χ2n) is 4.59. The molecule has 0 saturated carbocycles. The van der Waals surface area contributed by atoms with Gasteiger partial charge in [0.05, 0.1) is 18.2 Å². The van der Waals surface area contributed by atoms with Gasteiger partial charge in [-0.2, -0.15) is 0 Å². The third-order valence-electron chi connectivity index (χ3n) is 2.74. The Hall–Kier alpha value is -1.16. The average Bonchev–Trinajstić information content (AvgIpc) is 2.50. The fourth-order valence-corrected chi connectivity index (χ4v) is 1.95. The summed E-state index contributed by atoms with van der Waals surface area (Å²) in [5, 5.41) is 0. The number of ether oxygens (including phenoxy) is 1. The predicted molar refractivity (Wildman–Crippen MR) is 56.7 cm³/mol. The standard InChI is InChI=1S/C11H16N2O2/c1-11(2)5-4-9(15-11)8-13-7-3-6-12-10(13)14/h3,6-7,9H,4-5,8H2,1-2H3. The predicted octanol–water partition coefficient (Wildman–Crippen LogP) is 1.20. The van der Waals surface area contributed by atoms with Crippen molar-refractivity contribution in [3.05, 3.63) is 28.9 Å². The summed E-state index contributed by atoms with van der Waals surface area (Å²) in [4.78, 5) is 15.1. The normalized spacial score (nSPS) is 24.3. The summed E-state index contributed by atoms with van der Waals surface area (Å²) < 4.78 is 7.42. The molecule has 82 valence electrons. The first kappa shape index (κ1) is 10.4. The van der Waals surface area contributed by atoms with Crippen LogP contribution in [0.4, 0.5) is 0 Å². The quantitative estimate of drug-likeness (QED) is 0.733. The van der Waals surface area contributed by atoms with E-state index in [0.29, 0.717) is 6.54 Å². The maximum absolute atomic E-state index is 11.4. The summed E-state index contributed by atoms with van der Waals surface area (Å²) in [5.41, 5.74) is -0.248. The monoisotopic (exact) mass is 208 g/mol. The Morgan fingerprint density at radius 2 is 2.47 bits per heavy atom. The molecular weight excluding hydrogens is 192 g/mol. The number of hydrogen-bond donors (Lipinski definition) is 0. The summed E-state index contributed by atoms with van der Waals surface area (Å²) in [6.45, 7) is 4.77. The van der Waals surface area contributed by atoms with Gasteiger partial charge >= 0.3 is 5.69 Å². The van der Waals surface area contributed by atoms with Crippen LogP contribution < -0.4 is 5.69 Å². The fourth-order valence-electron chi connectivity index (χ4n) is 1.95. The Morgan fingerprint density at radius 1 is 1.67 bits per heavy atom. The highest BCUT2D eigenvalue weighted by atomic mass is 16.5. The van der Waals surface area contributed by atoms with Gasteiger partial charge in [-0.15, -0.1) is 0 Å². The van der Waals surface area contributed by atoms with Crippen LogP contribution in [0.15, 0.2) is 23.3 Å². The Morgan fingerprint density at radius 3 is 3.07 bits per heavy atom. The SMILES string of the molecule is CC1(C)CCC(Cn2cccnc2=O)O1. The van der Waals surface area contributed by atoms with Crippen LogP contribution in [0.25, 0.3) is 0 Å². The third kappa shape index (κ3) is 2.45. The number of rotatable bonds is 2. The van der Waals surface area contributed by atoms with Crippen molar-refractivity contribution in [1.29, 1.82) is 0 Å². The van der Waals surface area contributed by atoms with Gasteiger partial charge in [0, 0.05) is 12.4 Å². The maximum atomic E-state index is 11.4. The van der Waals surface area contributed by atoms with Gasteiger partial charge in [-0.1, -0.05) is 0 Å². The van der Waals surface area contributed by atoms with Crippen molar-refractivity contribution >= 4 is 0 Å². The van der Waals surface area contributed by atoms with Crippen molar-refractivity contribution in [3.63, 3.8) is 0 Å². The van der Waals surface area contributed by atoms with Crippen molar-refractivity contribution in [2.75, 3.05) is 0 Å². The van der Waals surface area contributed by atoms with Crippen molar-refractivity contribution in [3.8, 4) is 0 Å². The zero-order chi connectivity index (χ0) is 10.9. The molecule has 1 aromatic heterocycles. The zero-order valence-electron chi connectivity index (χ0n) is 9.14. The van der Waals surface area contributed by atoms with E-state index in [-0.39, 0.29) is 17.4 Å². The summed E-state index contributed by atoms with van der Waals surface area (Å²) in [5.74, 6) is 0. The van der Waals surface area contributed by atoms with E-state index in [1.54, 1.807) is 16.8 Å². The van der Waals surface area contributed by atoms with Crippen LogP contribution in [-0.4, -0.2) is 21.3 Å². The summed E-state index contributed by atoms with van der Waals surface area (Å²) in [6.07, 6.45) is 5.46. The molecule has 0 aliphatic carbocycles. The molecule has 0 spiro atoms. The topological polar surface area (TPSA) is 44.1 Å². The van der Waals surface area contributed by atoms with Crippen molar-refractivity contribution in [2.24, 2.45) is 0 Å². The van der Waals surface area contributed by atoms with E-state index in [4.69, 9.17) is 4.74 Å². The first-order valence-corrected chi connectivity index (χ1v) is 5.26. The molecular formula is C11H16N2O2. The summed E-state index contributed by atoms with van der Waals surface area (Å²) >= 11 is 0. The third-order valence-corrected chi connectivity index (χ3v) is 2.74. The molecule has 4 heteroatoms. The van der Waals surface area contributed by atoms with E-state index in [0.717, 1.165) is 12.8 Å². The highest BCUT2D eigenvalue weighted by molar-refractivity contribution is 4.85. The molecule has 1 unspecified atom stereocenters. The van der Waals surface area contributed by atoms with E-state index in [1.807, 2.05) is 0 Å². The number of nitrogens with zero attached hydrogens (tertiary/aromatic N) is 2. The minimum atomic E-state index is -0.203. The maximum Gasteiger partial charge on any atom is 0.347 e. The smallest absolute Gasteiger partial charge is 0.347 e. The Labute approximate surface area is 88.9 Å². The first-order valence-electron chi connectivity index (χ1n) is 5.26. The lowest BCUT2D eigenvalue weighted by Crippen LogP contribution is -2.29. The van der Waals surface area contributed by atoms with Crippen LogP contribution in [-0.2, 0) is 11.3 Å². The van der Waals surface area contributed by atoms with Gasteiger partial charge in [-0.05, 0) is 32.8 Å². The molecule has 0 aromatic carbocycles. The van der Waals surface area contributed by atoms with E-state index in [1.165, 1.54) is 6.20 Å².